The Kier molecular flexibility index (Phi) is 8.26. The van der Waals surface area contributed by atoms with Crippen molar-refractivity contribution in [2.24, 2.45) is 5.84 Å². The topological polar surface area (TPSA) is 117 Å². The van der Waals surface area contributed by atoms with E-state index in [-0.39, 0.29) is 53.6 Å². The van der Waals surface area contributed by atoms with E-state index in [1.165, 1.54) is 18.2 Å². The third kappa shape index (κ3) is 5.48. The Bertz CT molecular complexity index is 1570. The summed E-state index contributed by atoms with van der Waals surface area (Å²) in [6, 6.07) is 13.3. The molecule has 1 unspecified atom stereocenters. The smallest absolute Gasteiger partial charge is 0.410 e. The molecule has 2 amide bonds. The van der Waals surface area contributed by atoms with E-state index >= 15 is 8.78 Å². The number of benzene rings is 3. The van der Waals surface area contributed by atoms with E-state index in [0.29, 0.717) is 24.3 Å². The number of halogens is 3. The summed E-state index contributed by atoms with van der Waals surface area (Å²) in [7, 11) is 0. The van der Waals surface area contributed by atoms with Gasteiger partial charge in [0.2, 0.25) is 0 Å². The average molecular weight is 615 g/mol. The van der Waals surface area contributed by atoms with E-state index < -0.39 is 34.8 Å². The van der Waals surface area contributed by atoms with Crippen LogP contribution in [0.25, 0.3) is 11.1 Å². The molecule has 4 N–H and O–H groups in total. The van der Waals surface area contributed by atoms with Crippen molar-refractivity contribution in [1.29, 1.82) is 0 Å². The highest BCUT2D eigenvalue weighted by atomic mass is 35.5. The van der Waals surface area contributed by atoms with Gasteiger partial charge in [0.25, 0.3) is 5.91 Å². The number of aliphatic hydroxyl groups excluding tert-OH is 1. The molecule has 0 spiro atoms. The van der Waals surface area contributed by atoms with Gasteiger partial charge in [0.15, 0.2) is 11.6 Å². The molecule has 5 rings (SSSR count). The van der Waals surface area contributed by atoms with E-state index in [1.807, 2.05) is 40.7 Å². The number of aliphatic hydroxyl groups is 1. The molecule has 2 aliphatic rings. The van der Waals surface area contributed by atoms with Gasteiger partial charge in [-0.3, -0.25) is 10.2 Å². The Labute approximate surface area is 253 Å². The molecule has 0 radical (unpaired) electrons. The van der Waals surface area contributed by atoms with Crippen LogP contribution in [0.5, 0.6) is 5.75 Å². The summed E-state index contributed by atoms with van der Waals surface area (Å²) in [5, 5.41) is 8.85. The van der Waals surface area contributed by atoms with Crippen molar-refractivity contribution in [3.63, 3.8) is 0 Å². The summed E-state index contributed by atoms with van der Waals surface area (Å²) in [5.41, 5.74) is 1.73. The first-order valence-corrected chi connectivity index (χ1v) is 14.2. The molecule has 9 nitrogen and oxygen atoms in total. The number of carbonyl (C=O) groups is 2. The largest absolute Gasteiger partial charge is 0.488 e. The molecule has 1 fully saturated rings. The number of nitrogens with zero attached hydrogens (tertiary/aromatic N) is 2. The van der Waals surface area contributed by atoms with Gasteiger partial charge in [-0.2, -0.15) is 0 Å². The molecule has 1 atom stereocenters. The van der Waals surface area contributed by atoms with Gasteiger partial charge in [-0.15, -0.1) is 0 Å². The highest BCUT2D eigenvalue weighted by molar-refractivity contribution is 6.34. The zero-order valence-electron chi connectivity index (χ0n) is 24.0. The van der Waals surface area contributed by atoms with E-state index in [1.54, 1.807) is 25.7 Å². The van der Waals surface area contributed by atoms with Crippen LogP contribution in [0, 0.1) is 11.6 Å². The normalized spacial score (nSPS) is 17.8. The standard InChI is InChI=1S/C31H33ClF2N4O5/c1-30(2,3)43-29(41)37-11-12-38-22-15-21(33)26(32)24(20(22)16-31(38,17-37)18-7-5-4-6-8-18)25-19(28(40)36-35)9-10-23(27(25)34)42-14-13-39/h4-10,15,39H,11-14,16-17,35H2,1-3H3,(H,36,40). The van der Waals surface area contributed by atoms with E-state index in [9.17, 15) is 14.7 Å². The number of nitrogens with two attached hydrogens (primary N) is 1. The van der Waals surface area contributed by atoms with Crippen molar-refractivity contribution in [3.8, 4) is 16.9 Å². The van der Waals surface area contributed by atoms with E-state index in [0.717, 1.165) is 5.56 Å². The number of rotatable bonds is 6. The van der Waals surface area contributed by atoms with Gasteiger partial charge in [-0.05, 0) is 50.1 Å². The number of hydrazine groups is 1. The second kappa shape index (κ2) is 11.6. The summed E-state index contributed by atoms with van der Waals surface area (Å²) in [6.45, 7) is 5.59. The van der Waals surface area contributed by atoms with Crippen LogP contribution in [-0.4, -0.2) is 60.5 Å². The number of piperazine rings is 1. The van der Waals surface area contributed by atoms with Gasteiger partial charge < -0.3 is 24.4 Å². The van der Waals surface area contributed by atoms with Gasteiger partial charge in [-0.1, -0.05) is 41.9 Å². The minimum absolute atomic E-state index is 0.0178. The minimum Gasteiger partial charge on any atom is -0.488 e. The zero-order chi connectivity index (χ0) is 31.1. The lowest BCUT2D eigenvalue weighted by atomic mass is 9.82. The van der Waals surface area contributed by atoms with Crippen LogP contribution in [0.2, 0.25) is 5.02 Å². The number of anilines is 1. The second-order valence-corrected chi connectivity index (χ2v) is 11.9. The summed E-state index contributed by atoms with van der Waals surface area (Å²) in [4.78, 5) is 29.7. The molecule has 2 heterocycles. The molecule has 0 bridgehead atoms. The van der Waals surface area contributed by atoms with Gasteiger partial charge in [0.05, 0.1) is 29.3 Å². The summed E-state index contributed by atoms with van der Waals surface area (Å²) >= 11 is 6.61. The third-order valence-electron chi connectivity index (χ3n) is 7.67. The zero-order valence-corrected chi connectivity index (χ0v) is 24.8. The molecule has 12 heteroatoms. The maximum atomic E-state index is 16.2. The first-order valence-electron chi connectivity index (χ1n) is 13.8. The molecule has 3 aromatic rings. The molecule has 2 aliphatic heterocycles. The first-order chi connectivity index (χ1) is 20.4. The van der Waals surface area contributed by atoms with E-state index in [2.05, 4.69) is 0 Å². The van der Waals surface area contributed by atoms with Crippen LogP contribution in [0.4, 0.5) is 19.3 Å². The molecule has 43 heavy (non-hydrogen) atoms. The Morgan fingerprint density at radius 1 is 1.12 bits per heavy atom. The molecule has 3 aromatic carbocycles. The number of nitrogens with one attached hydrogen (secondary N) is 1. The minimum atomic E-state index is -0.960. The molecule has 0 aromatic heterocycles. The molecule has 0 aliphatic carbocycles. The highest BCUT2D eigenvalue weighted by Gasteiger charge is 2.51. The van der Waals surface area contributed by atoms with Crippen molar-refractivity contribution < 1.29 is 33.0 Å². The molecular weight excluding hydrogens is 582 g/mol. The summed E-state index contributed by atoms with van der Waals surface area (Å²) in [5.74, 6) is 2.59. The predicted molar refractivity (Wildman–Crippen MR) is 158 cm³/mol. The summed E-state index contributed by atoms with van der Waals surface area (Å²) in [6.07, 6.45) is -0.282. The third-order valence-corrected chi connectivity index (χ3v) is 8.04. The maximum Gasteiger partial charge on any atom is 0.410 e. The summed E-state index contributed by atoms with van der Waals surface area (Å²) < 4.78 is 43.0. The lowest BCUT2D eigenvalue weighted by Gasteiger charge is -2.48. The van der Waals surface area contributed by atoms with Crippen molar-refractivity contribution in [2.45, 2.75) is 38.3 Å². The Morgan fingerprint density at radius 2 is 1.84 bits per heavy atom. The van der Waals surface area contributed by atoms with Gasteiger partial charge >= 0.3 is 6.09 Å². The lowest BCUT2D eigenvalue weighted by molar-refractivity contribution is 0.0164. The number of amides is 2. The highest BCUT2D eigenvalue weighted by Crippen LogP contribution is 2.53. The van der Waals surface area contributed by atoms with E-state index in [4.69, 9.17) is 26.9 Å². The fraction of sp³-hybridized carbons (Fsp3) is 0.355. The van der Waals surface area contributed by atoms with Gasteiger partial charge in [-0.25, -0.2) is 19.4 Å². The quantitative estimate of drug-likeness (QED) is 0.208. The Balaban J connectivity index is 1.73. The van der Waals surface area contributed by atoms with Gasteiger partial charge in [0.1, 0.15) is 18.0 Å². The average Bonchev–Trinajstić information content (AvgIpc) is 3.31. The van der Waals surface area contributed by atoms with Gasteiger partial charge in [0, 0.05) is 36.3 Å². The van der Waals surface area contributed by atoms with Crippen LogP contribution in [0.1, 0.15) is 42.3 Å². The lowest BCUT2D eigenvalue weighted by Crippen LogP contribution is -2.60. The van der Waals surface area contributed by atoms with Crippen LogP contribution in [0.3, 0.4) is 0 Å². The van der Waals surface area contributed by atoms with Crippen molar-refractivity contribution >= 4 is 29.3 Å². The first kappa shape index (κ1) is 30.5. The Morgan fingerprint density at radius 3 is 2.49 bits per heavy atom. The maximum absolute atomic E-state index is 16.2. The van der Waals surface area contributed by atoms with Crippen molar-refractivity contribution in [1.82, 2.24) is 10.3 Å². The van der Waals surface area contributed by atoms with Crippen molar-refractivity contribution in [3.05, 3.63) is 81.9 Å². The fourth-order valence-electron chi connectivity index (χ4n) is 5.96. The predicted octanol–water partition coefficient (Wildman–Crippen LogP) is 4.77. The Hall–Kier alpha value is -3.93. The van der Waals surface area contributed by atoms with Crippen LogP contribution < -0.4 is 20.9 Å². The molecule has 228 valence electrons. The molecular formula is C31H33ClF2N4O5. The van der Waals surface area contributed by atoms with Crippen LogP contribution >= 0.6 is 11.6 Å². The number of hydrogen-bond acceptors (Lipinski definition) is 7. The second-order valence-electron chi connectivity index (χ2n) is 11.5. The SMILES string of the molecule is CC(C)(C)OC(=O)N1CCN2c3cc(F)c(Cl)c(-c4c(C(=O)NN)ccc(OCCO)c4F)c3CC2(c2ccccc2)C1. The number of ether oxygens (including phenoxy) is 2. The molecule has 0 saturated carbocycles. The van der Waals surface area contributed by atoms with Crippen LogP contribution in [0.15, 0.2) is 48.5 Å². The monoisotopic (exact) mass is 614 g/mol. The van der Waals surface area contributed by atoms with Crippen LogP contribution in [-0.2, 0) is 16.7 Å². The fourth-order valence-corrected chi connectivity index (χ4v) is 6.22. The number of carbonyl (C=O) groups excluding carboxylic acids is 2. The number of nitrogen functional groups attached to an aromatic ring is 1. The number of hydrogen-bond donors (Lipinski definition) is 3. The molecule has 1 saturated heterocycles. The van der Waals surface area contributed by atoms with Crippen molar-refractivity contribution in [2.75, 3.05) is 37.7 Å². The number of fused-ring (bicyclic) bond motifs is 3.